The van der Waals surface area contributed by atoms with Gasteiger partial charge in [0.1, 0.15) is 11.1 Å². The smallest absolute Gasteiger partial charge is 0.420 e. The van der Waals surface area contributed by atoms with E-state index in [0.717, 1.165) is 16.8 Å². The maximum Gasteiger partial charge on any atom is 0.420 e. The zero-order valence-electron chi connectivity index (χ0n) is 13.9. The van der Waals surface area contributed by atoms with Gasteiger partial charge in [0.05, 0.1) is 18.1 Å². The summed E-state index contributed by atoms with van der Waals surface area (Å²) in [7, 11) is 1.85. The Morgan fingerprint density at radius 2 is 1.96 bits per heavy atom. The quantitative estimate of drug-likeness (QED) is 0.690. The van der Waals surface area contributed by atoms with Crippen molar-refractivity contribution < 1.29 is 9.53 Å². The third-order valence-corrected chi connectivity index (χ3v) is 3.27. The van der Waals surface area contributed by atoms with E-state index in [1.165, 1.54) is 4.57 Å². The summed E-state index contributed by atoms with van der Waals surface area (Å²) in [6, 6.07) is 0. The highest BCUT2D eigenvalue weighted by Crippen LogP contribution is 2.23. The molecule has 0 saturated carbocycles. The van der Waals surface area contributed by atoms with E-state index in [1.54, 1.807) is 23.3 Å². The molecule has 0 unspecified atom stereocenters. The Balaban J connectivity index is 2.05. The second-order valence-electron chi connectivity index (χ2n) is 6.49. The highest BCUT2D eigenvalue weighted by atomic mass is 16.6. The lowest BCUT2D eigenvalue weighted by molar-refractivity contribution is 0.0543. The minimum Gasteiger partial charge on any atom is -0.443 e. The number of fused-ring (bicyclic) bond motifs is 1. The Kier molecular flexibility index (Phi) is 3.43. The summed E-state index contributed by atoms with van der Waals surface area (Å²) in [6.07, 6.45) is 6.48. The molecule has 3 aromatic heterocycles. The van der Waals surface area contributed by atoms with Crippen molar-refractivity contribution in [3.8, 4) is 11.3 Å². The standard InChI is InChI=1S/C16H19N5O2/c1-10-8-21(15(22)23-16(2,3)4)14-13(10)19-12(7-17-14)11-6-18-20(5)9-11/h6-9H,1-5H3. The van der Waals surface area contributed by atoms with Crippen LogP contribution in [0, 0.1) is 6.92 Å². The van der Waals surface area contributed by atoms with Crippen molar-refractivity contribution in [3.63, 3.8) is 0 Å². The fraction of sp³-hybridized carbons (Fsp3) is 0.375. The van der Waals surface area contributed by atoms with Crippen LogP contribution in [0.4, 0.5) is 4.79 Å². The molecular weight excluding hydrogens is 294 g/mol. The fourth-order valence-corrected chi connectivity index (χ4v) is 2.28. The molecule has 0 bridgehead atoms. The van der Waals surface area contributed by atoms with Gasteiger partial charge in [0.2, 0.25) is 0 Å². The molecule has 7 nitrogen and oxygen atoms in total. The predicted molar refractivity (Wildman–Crippen MR) is 86.1 cm³/mol. The maximum absolute atomic E-state index is 12.3. The first-order valence-corrected chi connectivity index (χ1v) is 7.32. The summed E-state index contributed by atoms with van der Waals surface area (Å²) < 4.78 is 8.51. The van der Waals surface area contributed by atoms with E-state index in [9.17, 15) is 4.79 Å². The summed E-state index contributed by atoms with van der Waals surface area (Å²) >= 11 is 0. The molecular formula is C16H19N5O2. The zero-order chi connectivity index (χ0) is 16.8. The Hall–Kier alpha value is -2.70. The van der Waals surface area contributed by atoms with E-state index in [1.807, 2.05) is 40.9 Å². The molecule has 0 N–H and O–H groups in total. The van der Waals surface area contributed by atoms with Gasteiger partial charge < -0.3 is 4.74 Å². The van der Waals surface area contributed by atoms with Gasteiger partial charge >= 0.3 is 6.09 Å². The first-order chi connectivity index (χ1) is 10.7. The highest BCUT2D eigenvalue weighted by Gasteiger charge is 2.21. The minimum absolute atomic E-state index is 0.459. The summed E-state index contributed by atoms with van der Waals surface area (Å²) in [5, 5.41) is 4.14. The van der Waals surface area contributed by atoms with Crippen LogP contribution < -0.4 is 0 Å². The molecule has 0 aliphatic carbocycles. The molecule has 3 heterocycles. The normalized spacial score (nSPS) is 11.9. The number of carbonyl (C=O) groups is 1. The molecule has 120 valence electrons. The molecule has 3 rings (SSSR count). The number of nitrogens with zero attached hydrogens (tertiary/aromatic N) is 5. The lowest BCUT2D eigenvalue weighted by atomic mass is 10.2. The van der Waals surface area contributed by atoms with E-state index in [0.29, 0.717) is 11.2 Å². The van der Waals surface area contributed by atoms with Crippen LogP contribution in [0.25, 0.3) is 22.4 Å². The number of hydrogen-bond donors (Lipinski definition) is 0. The number of aryl methyl sites for hydroxylation is 2. The highest BCUT2D eigenvalue weighted by molar-refractivity contribution is 5.88. The second kappa shape index (κ2) is 5.19. The van der Waals surface area contributed by atoms with Gasteiger partial charge in [-0.3, -0.25) is 4.68 Å². The topological polar surface area (TPSA) is 74.8 Å². The molecule has 0 amide bonds. The molecule has 0 radical (unpaired) electrons. The lowest BCUT2D eigenvalue weighted by Gasteiger charge is -2.19. The van der Waals surface area contributed by atoms with Crippen LogP contribution in [0.1, 0.15) is 26.3 Å². The van der Waals surface area contributed by atoms with Gasteiger partial charge in [-0.25, -0.2) is 19.3 Å². The van der Waals surface area contributed by atoms with Crippen LogP contribution in [-0.2, 0) is 11.8 Å². The van der Waals surface area contributed by atoms with Crippen molar-refractivity contribution >= 4 is 17.3 Å². The van der Waals surface area contributed by atoms with Gasteiger partial charge in [-0.15, -0.1) is 0 Å². The number of rotatable bonds is 1. The van der Waals surface area contributed by atoms with Crippen LogP contribution in [0.2, 0.25) is 0 Å². The zero-order valence-corrected chi connectivity index (χ0v) is 13.9. The van der Waals surface area contributed by atoms with Crippen molar-refractivity contribution in [1.29, 1.82) is 0 Å². The van der Waals surface area contributed by atoms with E-state index >= 15 is 0 Å². The molecule has 0 saturated heterocycles. The average Bonchev–Trinajstić information content (AvgIpc) is 3.01. The molecule has 0 fully saturated rings. The average molecular weight is 313 g/mol. The van der Waals surface area contributed by atoms with Gasteiger partial charge in [-0.2, -0.15) is 5.10 Å². The van der Waals surface area contributed by atoms with Crippen LogP contribution in [0.5, 0.6) is 0 Å². The molecule has 3 aromatic rings. The van der Waals surface area contributed by atoms with Gasteiger partial charge in [0, 0.05) is 25.0 Å². The van der Waals surface area contributed by atoms with E-state index < -0.39 is 11.7 Å². The van der Waals surface area contributed by atoms with E-state index in [2.05, 4.69) is 15.1 Å². The maximum atomic E-state index is 12.3. The second-order valence-corrected chi connectivity index (χ2v) is 6.49. The Morgan fingerprint density at radius 3 is 2.57 bits per heavy atom. The summed E-state index contributed by atoms with van der Waals surface area (Å²) in [5.41, 5.74) is 3.07. The molecule has 0 aliphatic heterocycles. The van der Waals surface area contributed by atoms with Crippen molar-refractivity contribution in [2.24, 2.45) is 7.05 Å². The molecule has 0 atom stereocenters. The molecule has 0 aliphatic rings. The van der Waals surface area contributed by atoms with Crippen LogP contribution in [0.3, 0.4) is 0 Å². The van der Waals surface area contributed by atoms with Crippen molar-refractivity contribution in [3.05, 3.63) is 30.4 Å². The fourth-order valence-electron chi connectivity index (χ4n) is 2.28. The summed E-state index contributed by atoms with van der Waals surface area (Å²) in [6.45, 7) is 7.38. The SMILES string of the molecule is Cc1cn(C(=O)OC(C)(C)C)c2ncc(-c3cnn(C)c3)nc12. The molecule has 23 heavy (non-hydrogen) atoms. The first kappa shape index (κ1) is 15.2. The molecule has 7 heteroatoms. The number of aromatic nitrogens is 5. The van der Waals surface area contributed by atoms with Gasteiger partial charge in [0.15, 0.2) is 5.65 Å². The Morgan fingerprint density at radius 1 is 1.22 bits per heavy atom. The van der Waals surface area contributed by atoms with E-state index in [-0.39, 0.29) is 0 Å². The summed E-state index contributed by atoms with van der Waals surface area (Å²) in [5.74, 6) is 0. The third-order valence-electron chi connectivity index (χ3n) is 3.27. The summed E-state index contributed by atoms with van der Waals surface area (Å²) in [4.78, 5) is 21.3. The number of carbonyl (C=O) groups excluding carboxylic acids is 1. The van der Waals surface area contributed by atoms with Gasteiger partial charge in [0.25, 0.3) is 0 Å². The monoisotopic (exact) mass is 313 g/mol. The van der Waals surface area contributed by atoms with Crippen LogP contribution in [0.15, 0.2) is 24.8 Å². The van der Waals surface area contributed by atoms with Crippen LogP contribution >= 0.6 is 0 Å². The van der Waals surface area contributed by atoms with Gasteiger partial charge in [-0.05, 0) is 33.3 Å². The largest absolute Gasteiger partial charge is 0.443 e. The predicted octanol–water partition coefficient (Wildman–Crippen LogP) is 2.92. The number of ether oxygens (including phenoxy) is 1. The lowest BCUT2D eigenvalue weighted by Crippen LogP contribution is -2.26. The molecule has 0 spiro atoms. The van der Waals surface area contributed by atoms with E-state index in [4.69, 9.17) is 4.74 Å². The van der Waals surface area contributed by atoms with Crippen LogP contribution in [-0.4, -0.2) is 36.0 Å². The third kappa shape index (κ3) is 2.94. The van der Waals surface area contributed by atoms with Crippen molar-refractivity contribution in [2.45, 2.75) is 33.3 Å². The van der Waals surface area contributed by atoms with Crippen molar-refractivity contribution in [2.75, 3.05) is 0 Å². The molecule has 0 aromatic carbocycles. The Bertz CT molecular complexity index is 886. The number of hydrogen-bond acceptors (Lipinski definition) is 5. The van der Waals surface area contributed by atoms with Gasteiger partial charge in [-0.1, -0.05) is 0 Å². The Labute approximate surface area is 133 Å². The van der Waals surface area contributed by atoms with Crippen molar-refractivity contribution in [1.82, 2.24) is 24.3 Å². The first-order valence-electron chi connectivity index (χ1n) is 7.32. The minimum atomic E-state index is -0.565.